The van der Waals surface area contributed by atoms with E-state index >= 15 is 0 Å². The number of hydrogen-bond acceptors (Lipinski definition) is 4. The van der Waals surface area contributed by atoms with Crippen LogP contribution in [0.25, 0.3) is 16.9 Å². The number of hydrogen-bond donors (Lipinski definition) is 1. The Balaban J connectivity index is 2.18. The number of phenols is 1. The highest BCUT2D eigenvalue weighted by Crippen LogP contribution is 2.35. The molecule has 0 atom stereocenters. The van der Waals surface area contributed by atoms with Crippen LogP contribution in [0, 0.1) is 13.8 Å². The molecule has 1 aromatic carbocycles. The Labute approximate surface area is 138 Å². The molecule has 0 saturated heterocycles. The molecule has 0 fully saturated rings. The van der Waals surface area contributed by atoms with E-state index in [0.717, 1.165) is 11.3 Å². The fourth-order valence-electron chi connectivity index (χ4n) is 2.44. The van der Waals surface area contributed by atoms with E-state index in [1.807, 2.05) is 32.0 Å². The maximum absolute atomic E-state index is 10.0. The lowest BCUT2D eigenvalue weighted by molar-refractivity contribution is 0.477. The number of aliphatic imine (C=N–C) groups is 1. The lowest BCUT2D eigenvalue weighted by Gasteiger charge is -2.12. The number of phenolic OH excluding ortho intramolecular Hbond substituents is 1. The second kappa shape index (κ2) is 5.85. The van der Waals surface area contributed by atoms with Crippen LogP contribution in [-0.2, 0) is 0 Å². The van der Waals surface area contributed by atoms with Gasteiger partial charge in [0.1, 0.15) is 10.9 Å². The van der Waals surface area contributed by atoms with Crippen molar-refractivity contribution in [2.75, 3.05) is 0 Å². The Morgan fingerprint density at radius 2 is 1.91 bits per heavy atom. The van der Waals surface area contributed by atoms with Gasteiger partial charge >= 0.3 is 0 Å². The van der Waals surface area contributed by atoms with Crippen molar-refractivity contribution in [3.05, 3.63) is 52.8 Å². The van der Waals surface area contributed by atoms with Gasteiger partial charge < -0.3 is 5.11 Å². The summed E-state index contributed by atoms with van der Waals surface area (Å²) in [6.45, 7) is 7.34. The Bertz CT molecular complexity index is 902. The molecular formula is C17H15ClN4O. The van der Waals surface area contributed by atoms with Gasteiger partial charge in [-0.2, -0.15) is 9.78 Å². The highest BCUT2D eigenvalue weighted by molar-refractivity contribution is 6.32. The molecule has 0 unspecified atom stereocenters. The fraction of sp³-hybridized carbons (Fsp3) is 0.118. The Hall–Kier alpha value is -2.66. The van der Waals surface area contributed by atoms with Crippen LogP contribution in [0.1, 0.15) is 11.3 Å². The lowest BCUT2D eigenvalue weighted by atomic mass is 10.0. The monoisotopic (exact) mass is 326 g/mol. The first kappa shape index (κ1) is 15.2. The summed E-state index contributed by atoms with van der Waals surface area (Å²) in [5.41, 5.74) is 2.98. The van der Waals surface area contributed by atoms with Crippen LogP contribution in [0.3, 0.4) is 0 Å². The summed E-state index contributed by atoms with van der Waals surface area (Å²) in [5.74, 6) is 1.35. The van der Waals surface area contributed by atoms with Gasteiger partial charge in [-0.15, -0.1) is 0 Å². The van der Waals surface area contributed by atoms with Crippen LogP contribution in [-0.4, -0.2) is 26.6 Å². The molecule has 2 aromatic heterocycles. The molecule has 1 N–H and O–H groups in total. The van der Waals surface area contributed by atoms with Gasteiger partial charge in [0.15, 0.2) is 11.6 Å². The standard InChI is InChI=1S/C17H15ClN4O/c1-10-8-13(12-6-4-5-7-14(12)23)16(18)20-17(10)22-15(19-3)9-11(2)21-22/h4-9,23H,3H2,1-2H3. The van der Waals surface area contributed by atoms with Crippen molar-refractivity contribution < 1.29 is 5.11 Å². The first-order valence-electron chi connectivity index (χ1n) is 7.00. The van der Waals surface area contributed by atoms with E-state index < -0.39 is 0 Å². The van der Waals surface area contributed by atoms with Gasteiger partial charge in [0.25, 0.3) is 0 Å². The fourth-order valence-corrected chi connectivity index (χ4v) is 2.68. The van der Waals surface area contributed by atoms with E-state index in [0.29, 0.717) is 22.8 Å². The number of rotatable bonds is 3. The molecule has 5 nitrogen and oxygen atoms in total. The third-order valence-corrected chi connectivity index (χ3v) is 3.80. The average Bonchev–Trinajstić information content (AvgIpc) is 2.91. The predicted octanol–water partition coefficient (Wildman–Crippen LogP) is 4.24. The minimum Gasteiger partial charge on any atom is -0.507 e. The Morgan fingerprint density at radius 1 is 1.17 bits per heavy atom. The second-order valence-corrected chi connectivity index (χ2v) is 5.56. The third kappa shape index (κ3) is 2.71. The Morgan fingerprint density at radius 3 is 2.61 bits per heavy atom. The molecule has 0 radical (unpaired) electrons. The summed E-state index contributed by atoms with van der Waals surface area (Å²) in [6, 6.07) is 10.7. The van der Waals surface area contributed by atoms with E-state index in [2.05, 4.69) is 21.8 Å². The summed E-state index contributed by atoms with van der Waals surface area (Å²) in [5, 5.41) is 14.7. The van der Waals surface area contributed by atoms with Gasteiger partial charge in [-0.25, -0.2) is 9.98 Å². The number of benzene rings is 1. The highest BCUT2D eigenvalue weighted by Gasteiger charge is 2.16. The van der Waals surface area contributed by atoms with E-state index in [1.165, 1.54) is 0 Å². The number of aryl methyl sites for hydroxylation is 2. The van der Waals surface area contributed by atoms with Crippen LogP contribution >= 0.6 is 11.6 Å². The maximum Gasteiger partial charge on any atom is 0.160 e. The lowest BCUT2D eigenvalue weighted by Crippen LogP contribution is -2.03. The number of nitrogens with zero attached hydrogens (tertiary/aromatic N) is 4. The zero-order valence-corrected chi connectivity index (χ0v) is 13.5. The molecule has 0 spiro atoms. The summed E-state index contributed by atoms with van der Waals surface area (Å²) >= 11 is 6.35. The van der Waals surface area contributed by atoms with Crippen molar-refractivity contribution in [1.29, 1.82) is 0 Å². The van der Waals surface area contributed by atoms with Crippen molar-refractivity contribution >= 4 is 24.1 Å². The van der Waals surface area contributed by atoms with Gasteiger partial charge in [0, 0.05) is 17.2 Å². The highest BCUT2D eigenvalue weighted by atomic mass is 35.5. The Kier molecular flexibility index (Phi) is 3.88. The molecular weight excluding hydrogens is 312 g/mol. The predicted molar refractivity (Wildman–Crippen MR) is 92.2 cm³/mol. The number of halogens is 1. The maximum atomic E-state index is 10.0. The third-order valence-electron chi connectivity index (χ3n) is 3.51. The van der Waals surface area contributed by atoms with Crippen molar-refractivity contribution in [1.82, 2.24) is 14.8 Å². The van der Waals surface area contributed by atoms with Crippen LogP contribution in [0.4, 0.5) is 5.82 Å². The summed E-state index contributed by atoms with van der Waals surface area (Å²) < 4.78 is 1.61. The molecule has 0 aliphatic carbocycles. The zero-order chi connectivity index (χ0) is 16.6. The summed E-state index contributed by atoms with van der Waals surface area (Å²) in [7, 11) is 0. The van der Waals surface area contributed by atoms with Crippen LogP contribution in [0.2, 0.25) is 5.15 Å². The molecule has 3 aromatic rings. The quantitative estimate of drug-likeness (QED) is 0.578. The first-order chi connectivity index (χ1) is 11.0. The molecule has 0 aliphatic rings. The van der Waals surface area contributed by atoms with Crippen LogP contribution in [0.5, 0.6) is 5.75 Å². The van der Waals surface area contributed by atoms with E-state index in [4.69, 9.17) is 11.6 Å². The van der Waals surface area contributed by atoms with Gasteiger partial charge in [-0.05, 0) is 38.3 Å². The van der Waals surface area contributed by atoms with Gasteiger partial charge in [-0.1, -0.05) is 29.8 Å². The summed E-state index contributed by atoms with van der Waals surface area (Å²) in [6.07, 6.45) is 0. The molecule has 3 rings (SSSR count). The topological polar surface area (TPSA) is 63.3 Å². The smallest absolute Gasteiger partial charge is 0.160 e. The number of para-hydroxylation sites is 1. The van der Waals surface area contributed by atoms with Crippen molar-refractivity contribution in [3.63, 3.8) is 0 Å². The van der Waals surface area contributed by atoms with Gasteiger partial charge in [0.05, 0.1) is 5.69 Å². The molecule has 0 amide bonds. The summed E-state index contributed by atoms with van der Waals surface area (Å²) in [4.78, 5) is 8.41. The zero-order valence-electron chi connectivity index (χ0n) is 12.8. The van der Waals surface area contributed by atoms with Crippen LogP contribution < -0.4 is 0 Å². The van der Waals surface area contributed by atoms with E-state index in [1.54, 1.807) is 22.9 Å². The van der Waals surface area contributed by atoms with E-state index in [-0.39, 0.29) is 10.9 Å². The molecule has 0 saturated carbocycles. The minimum absolute atomic E-state index is 0.159. The molecule has 0 aliphatic heterocycles. The number of aromatic hydroxyl groups is 1. The van der Waals surface area contributed by atoms with Crippen molar-refractivity contribution in [2.45, 2.75) is 13.8 Å². The largest absolute Gasteiger partial charge is 0.507 e. The average molecular weight is 327 g/mol. The molecule has 6 heteroatoms. The van der Waals surface area contributed by atoms with Gasteiger partial charge in [0.2, 0.25) is 0 Å². The molecule has 116 valence electrons. The normalized spacial score (nSPS) is 10.7. The van der Waals surface area contributed by atoms with Crippen molar-refractivity contribution in [3.8, 4) is 22.7 Å². The van der Waals surface area contributed by atoms with E-state index in [9.17, 15) is 5.11 Å². The second-order valence-electron chi connectivity index (χ2n) is 5.20. The van der Waals surface area contributed by atoms with Gasteiger partial charge in [-0.3, -0.25) is 0 Å². The SMILES string of the molecule is C=Nc1cc(C)nn1-c1nc(Cl)c(-c2ccccc2O)cc1C. The molecule has 2 heterocycles. The molecule has 23 heavy (non-hydrogen) atoms. The number of aromatic nitrogens is 3. The first-order valence-corrected chi connectivity index (χ1v) is 7.38. The minimum atomic E-state index is 0.159. The molecule has 0 bridgehead atoms. The van der Waals surface area contributed by atoms with Crippen molar-refractivity contribution in [2.24, 2.45) is 4.99 Å². The van der Waals surface area contributed by atoms with Crippen LogP contribution in [0.15, 0.2) is 41.4 Å². The number of pyridine rings is 1.